The molecule has 0 atom stereocenters. The van der Waals surface area contributed by atoms with Gasteiger partial charge in [0.05, 0.1) is 23.9 Å². The zero-order chi connectivity index (χ0) is 13.7. The van der Waals surface area contributed by atoms with E-state index in [1.165, 1.54) is 14.2 Å². The summed E-state index contributed by atoms with van der Waals surface area (Å²) in [6, 6.07) is 4.90. The first-order valence-corrected chi connectivity index (χ1v) is 5.21. The van der Waals surface area contributed by atoms with Crippen molar-refractivity contribution in [3.05, 3.63) is 29.3 Å². The largest absolute Gasteiger partial charge is 0.465 e. The van der Waals surface area contributed by atoms with Gasteiger partial charge in [0.15, 0.2) is 7.05 Å². The number of methoxy groups -OCH3 is 1. The van der Waals surface area contributed by atoms with Crippen LogP contribution in [0.3, 0.4) is 0 Å². The quantitative estimate of drug-likeness (QED) is 0.208. The molecule has 0 aliphatic rings. The minimum absolute atomic E-state index is 0.200. The van der Waals surface area contributed by atoms with E-state index in [9.17, 15) is 14.8 Å². The molecule has 0 unspecified atom stereocenters. The van der Waals surface area contributed by atoms with Crippen molar-refractivity contribution in [2.75, 3.05) is 19.5 Å². The number of nitrogens with zero attached hydrogens (tertiary/aromatic N) is 1. The summed E-state index contributed by atoms with van der Waals surface area (Å²) >= 11 is 0. The first-order valence-electron chi connectivity index (χ1n) is 5.21. The normalized spacial score (nSPS) is 11.5. The van der Waals surface area contributed by atoms with E-state index in [-0.39, 0.29) is 5.56 Å². The average molecular weight is 251 g/mol. The van der Waals surface area contributed by atoms with Gasteiger partial charge >= 0.3 is 5.97 Å². The number of nitrogens with one attached hydrogen (secondary N) is 1. The Bertz CT molecular complexity index is 505. The third kappa shape index (κ3) is 2.65. The summed E-state index contributed by atoms with van der Waals surface area (Å²) in [6.45, 7) is 1.65. The van der Waals surface area contributed by atoms with Gasteiger partial charge in [0.1, 0.15) is 0 Å². The predicted octanol–water partition coefficient (Wildman–Crippen LogP) is 0.882. The Balaban J connectivity index is 3.51. The molecule has 0 fully saturated rings. The van der Waals surface area contributed by atoms with Crippen molar-refractivity contribution < 1.29 is 24.3 Å². The lowest BCUT2D eigenvalue weighted by molar-refractivity contribution is -0.754. The molecule has 0 saturated carbocycles. The van der Waals surface area contributed by atoms with Gasteiger partial charge in [-0.05, 0) is 16.9 Å². The van der Waals surface area contributed by atoms with Crippen LogP contribution in [0.4, 0.5) is 5.69 Å². The number of hydrogen-bond acceptors (Lipinski definition) is 4. The summed E-state index contributed by atoms with van der Waals surface area (Å²) in [5.74, 6) is -0.587. The van der Waals surface area contributed by atoms with Crippen LogP contribution in [0.25, 0.3) is 0 Å². The number of ether oxygens (including phenoxy) is 1. The lowest BCUT2D eigenvalue weighted by Gasteiger charge is -2.10. The molecule has 0 saturated heterocycles. The first kappa shape index (κ1) is 13.7. The van der Waals surface area contributed by atoms with Crippen LogP contribution < -0.4 is 5.32 Å². The second-order valence-corrected chi connectivity index (χ2v) is 3.59. The molecule has 0 heterocycles. The van der Waals surface area contributed by atoms with Crippen molar-refractivity contribution >= 4 is 23.8 Å². The third-order valence-corrected chi connectivity index (χ3v) is 2.54. The van der Waals surface area contributed by atoms with E-state index in [2.05, 4.69) is 10.1 Å². The highest BCUT2D eigenvalue weighted by atomic mass is 16.5. The summed E-state index contributed by atoms with van der Waals surface area (Å²) in [5.41, 5.74) is 1.48. The molecule has 1 aromatic carbocycles. The van der Waals surface area contributed by atoms with Crippen molar-refractivity contribution in [3.63, 3.8) is 0 Å². The number of carbonyl (C=O) groups is 2. The van der Waals surface area contributed by atoms with Gasteiger partial charge < -0.3 is 10.1 Å². The SMILES string of the molecule is COC(=O)c1c(NC=O)cccc1C(C)=[N+](C)O. The zero-order valence-electron chi connectivity index (χ0n) is 10.4. The highest BCUT2D eigenvalue weighted by Gasteiger charge is 2.22. The molecule has 6 nitrogen and oxygen atoms in total. The van der Waals surface area contributed by atoms with E-state index in [0.29, 0.717) is 23.4 Å². The van der Waals surface area contributed by atoms with Gasteiger partial charge in [0.25, 0.3) is 0 Å². The lowest BCUT2D eigenvalue weighted by atomic mass is 10.0. The van der Waals surface area contributed by atoms with Crippen LogP contribution in [0, 0.1) is 0 Å². The molecule has 0 radical (unpaired) electrons. The van der Waals surface area contributed by atoms with Crippen LogP contribution in [0.15, 0.2) is 18.2 Å². The molecular weight excluding hydrogens is 236 g/mol. The zero-order valence-corrected chi connectivity index (χ0v) is 10.4. The fourth-order valence-electron chi connectivity index (χ4n) is 1.53. The molecule has 0 spiro atoms. The Morgan fingerprint density at radius 3 is 2.67 bits per heavy atom. The number of esters is 1. The molecule has 0 aliphatic heterocycles. The van der Waals surface area contributed by atoms with Crippen LogP contribution in [0.1, 0.15) is 22.8 Å². The standard InChI is InChI=1S/C12H14N2O4/c1-8(14(2)17)9-5-4-6-10(13-7-15)11(9)12(16)18-3/h4-7H,1-3H3,(H-,13,15,16,17)/p+1. The fourth-order valence-corrected chi connectivity index (χ4v) is 1.53. The maximum Gasteiger partial charge on any atom is 0.340 e. The van der Waals surface area contributed by atoms with Crippen LogP contribution in [-0.2, 0) is 9.53 Å². The smallest absolute Gasteiger partial charge is 0.340 e. The van der Waals surface area contributed by atoms with Crippen molar-refractivity contribution in [1.29, 1.82) is 0 Å². The second-order valence-electron chi connectivity index (χ2n) is 3.59. The van der Waals surface area contributed by atoms with E-state index < -0.39 is 5.97 Å². The number of amides is 1. The van der Waals surface area contributed by atoms with Crippen molar-refractivity contribution in [1.82, 2.24) is 0 Å². The first-order chi connectivity index (χ1) is 8.52. The van der Waals surface area contributed by atoms with Gasteiger partial charge in [0.2, 0.25) is 12.1 Å². The van der Waals surface area contributed by atoms with Crippen LogP contribution >= 0.6 is 0 Å². The molecule has 6 heteroatoms. The maximum absolute atomic E-state index is 11.8. The highest BCUT2D eigenvalue weighted by Crippen LogP contribution is 2.21. The fraction of sp³-hybridized carbons (Fsp3) is 0.250. The monoisotopic (exact) mass is 251 g/mol. The van der Waals surface area contributed by atoms with Gasteiger partial charge in [-0.1, -0.05) is 6.07 Å². The summed E-state index contributed by atoms with van der Waals surface area (Å²) in [6.07, 6.45) is 0.476. The Kier molecular flexibility index (Phi) is 4.42. The van der Waals surface area contributed by atoms with E-state index in [1.807, 2.05) is 0 Å². The van der Waals surface area contributed by atoms with Gasteiger partial charge in [-0.25, -0.2) is 4.79 Å². The number of anilines is 1. The van der Waals surface area contributed by atoms with Crippen molar-refractivity contribution in [2.24, 2.45) is 0 Å². The Morgan fingerprint density at radius 1 is 1.50 bits per heavy atom. The molecule has 1 aromatic rings. The minimum Gasteiger partial charge on any atom is -0.465 e. The van der Waals surface area contributed by atoms with E-state index in [0.717, 1.165) is 4.74 Å². The lowest BCUT2D eigenvalue weighted by Crippen LogP contribution is -2.18. The molecular formula is C12H15N2O4+. The summed E-state index contributed by atoms with van der Waals surface area (Å²) in [5, 5.41) is 11.9. The summed E-state index contributed by atoms with van der Waals surface area (Å²) in [4.78, 5) is 22.3. The van der Waals surface area contributed by atoms with Crippen LogP contribution in [-0.4, -0.2) is 42.2 Å². The van der Waals surface area contributed by atoms with Crippen molar-refractivity contribution in [3.8, 4) is 0 Å². The van der Waals surface area contributed by atoms with Crippen LogP contribution in [0.5, 0.6) is 0 Å². The van der Waals surface area contributed by atoms with Crippen LogP contribution in [0.2, 0.25) is 0 Å². The maximum atomic E-state index is 11.8. The van der Waals surface area contributed by atoms with E-state index in [4.69, 9.17) is 0 Å². The number of rotatable bonds is 4. The average Bonchev–Trinajstić information content (AvgIpc) is 2.37. The highest BCUT2D eigenvalue weighted by molar-refractivity contribution is 6.09. The Hall–Kier alpha value is -2.37. The molecule has 2 N–H and O–H groups in total. The summed E-state index contributed by atoms with van der Waals surface area (Å²) in [7, 11) is 2.69. The van der Waals surface area contributed by atoms with Gasteiger partial charge in [0, 0.05) is 6.92 Å². The number of hydroxylamine groups is 1. The molecule has 1 amide bonds. The number of hydrogen-bond donors (Lipinski definition) is 2. The molecule has 0 aromatic heterocycles. The van der Waals surface area contributed by atoms with Gasteiger partial charge in [-0.3, -0.25) is 10.0 Å². The van der Waals surface area contributed by atoms with Gasteiger partial charge in [-0.2, -0.15) is 0 Å². The third-order valence-electron chi connectivity index (χ3n) is 2.54. The Labute approximate surface area is 104 Å². The number of carbonyl (C=O) groups excluding carboxylic acids is 2. The topological polar surface area (TPSA) is 78.6 Å². The number of benzene rings is 1. The molecule has 96 valence electrons. The second kappa shape index (κ2) is 5.81. The molecule has 0 aliphatic carbocycles. The Morgan fingerprint density at radius 2 is 2.17 bits per heavy atom. The summed E-state index contributed by atoms with van der Waals surface area (Å²) < 4.78 is 5.58. The van der Waals surface area contributed by atoms with E-state index >= 15 is 0 Å². The molecule has 18 heavy (non-hydrogen) atoms. The predicted molar refractivity (Wildman–Crippen MR) is 65.2 cm³/mol. The van der Waals surface area contributed by atoms with Crippen molar-refractivity contribution in [2.45, 2.75) is 6.92 Å². The molecule has 0 bridgehead atoms. The van der Waals surface area contributed by atoms with E-state index in [1.54, 1.807) is 25.1 Å². The molecule has 1 rings (SSSR count). The van der Waals surface area contributed by atoms with Gasteiger partial charge in [-0.15, -0.1) is 0 Å². The minimum atomic E-state index is -0.587.